The van der Waals surface area contributed by atoms with Gasteiger partial charge in [-0.15, -0.1) is 0 Å². The minimum absolute atomic E-state index is 0.124. The van der Waals surface area contributed by atoms with Gasteiger partial charge in [0.15, 0.2) is 0 Å². The van der Waals surface area contributed by atoms with Crippen LogP contribution < -0.4 is 9.60 Å². The number of imidazole rings is 1. The Morgan fingerprint density at radius 2 is 2.00 bits per heavy atom. The molecule has 1 N–H and O–H groups in total. The first-order chi connectivity index (χ1) is 8.67. The van der Waals surface area contributed by atoms with Crippen molar-refractivity contribution in [1.29, 1.82) is 0 Å². The lowest BCUT2D eigenvalue weighted by molar-refractivity contribution is 0.268. The van der Waals surface area contributed by atoms with Crippen LogP contribution >= 0.6 is 0 Å². The summed E-state index contributed by atoms with van der Waals surface area (Å²) in [6, 6.07) is 8.03. The van der Waals surface area contributed by atoms with Gasteiger partial charge in [0.1, 0.15) is 11.2 Å². The monoisotopic (exact) mass is 265 g/mol. The van der Waals surface area contributed by atoms with Crippen molar-refractivity contribution < 1.29 is 12.7 Å². The molecule has 0 aliphatic carbocycles. The predicted molar refractivity (Wildman–Crippen MR) is 63.0 cm³/mol. The maximum Gasteiger partial charge on any atom is 0.357 e. The molecule has 0 amide bonds. The van der Waals surface area contributed by atoms with E-state index in [0.29, 0.717) is 13.1 Å². The van der Waals surface area contributed by atoms with Crippen molar-refractivity contribution >= 4 is 10.1 Å². The average molecular weight is 265 g/mol. The Kier molecular flexibility index (Phi) is 2.57. The number of nitrogens with zero attached hydrogens (tertiary/aromatic N) is 2. The molecule has 0 unspecified atom stereocenters. The largest absolute Gasteiger partial charge is 0.357 e. The molecule has 2 heterocycles. The van der Waals surface area contributed by atoms with E-state index in [9.17, 15) is 8.42 Å². The van der Waals surface area contributed by atoms with E-state index in [2.05, 4.69) is 10.3 Å². The zero-order chi connectivity index (χ0) is 12.6. The molecule has 0 spiro atoms. The fourth-order valence-electron chi connectivity index (χ4n) is 1.82. The molecule has 0 fully saturated rings. The zero-order valence-corrected chi connectivity index (χ0v) is 10.2. The average Bonchev–Trinajstić information content (AvgIpc) is 2.95. The first kappa shape index (κ1) is 11.2. The second-order valence-corrected chi connectivity index (χ2v) is 5.44. The highest BCUT2D eigenvalue weighted by atomic mass is 32.2. The van der Waals surface area contributed by atoms with Crippen molar-refractivity contribution in [2.45, 2.75) is 18.0 Å². The summed E-state index contributed by atoms with van der Waals surface area (Å²) in [4.78, 5) is 4.21. The predicted octanol–water partition coefficient (Wildman–Crippen LogP) is 0.304. The number of hydrogen-bond acceptors (Lipinski definition) is 5. The van der Waals surface area contributed by atoms with Gasteiger partial charge in [0.05, 0.1) is 11.4 Å². The SMILES string of the molecule is O=S(=O)(On1cnc2c1CNC2)c1ccccc1. The molecule has 0 atom stereocenters. The molecule has 0 radical (unpaired) electrons. The van der Waals surface area contributed by atoms with E-state index in [1.807, 2.05) is 0 Å². The number of hydrogen-bond donors (Lipinski definition) is 1. The molecule has 1 aromatic heterocycles. The first-order valence-corrected chi connectivity index (χ1v) is 6.83. The Balaban J connectivity index is 1.93. The molecule has 0 saturated carbocycles. The van der Waals surface area contributed by atoms with Crippen molar-refractivity contribution in [1.82, 2.24) is 15.0 Å². The highest BCUT2D eigenvalue weighted by molar-refractivity contribution is 7.87. The number of fused-ring (bicyclic) bond motifs is 1. The molecule has 94 valence electrons. The van der Waals surface area contributed by atoms with Crippen LogP contribution in [0.4, 0.5) is 0 Å². The third-order valence-electron chi connectivity index (χ3n) is 2.71. The number of nitrogens with one attached hydrogen (secondary N) is 1. The van der Waals surface area contributed by atoms with Crippen molar-refractivity contribution in [3.8, 4) is 0 Å². The van der Waals surface area contributed by atoms with Crippen molar-refractivity contribution in [3.63, 3.8) is 0 Å². The van der Waals surface area contributed by atoms with E-state index >= 15 is 0 Å². The fraction of sp³-hybridized carbons (Fsp3) is 0.182. The van der Waals surface area contributed by atoms with Crippen LogP contribution in [0.25, 0.3) is 0 Å². The van der Waals surface area contributed by atoms with E-state index in [0.717, 1.165) is 11.4 Å². The number of benzene rings is 1. The highest BCUT2D eigenvalue weighted by Crippen LogP contribution is 2.15. The minimum Gasteiger partial charge on any atom is -0.305 e. The summed E-state index contributed by atoms with van der Waals surface area (Å²) in [6.07, 6.45) is 1.38. The molecule has 1 aliphatic heterocycles. The highest BCUT2D eigenvalue weighted by Gasteiger charge is 2.22. The van der Waals surface area contributed by atoms with Crippen LogP contribution in [0.15, 0.2) is 41.6 Å². The molecule has 3 rings (SSSR count). The number of aromatic nitrogens is 2. The fourth-order valence-corrected chi connectivity index (χ4v) is 2.74. The van der Waals surface area contributed by atoms with Crippen LogP contribution in [0.5, 0.6) is 0 Å². The Hall–Kier alpha value is -1.86. The van der Waals surface area contributed by atoms with Gasteiger partial charge >= 0.3 is 10.1 Å². The van der Waals surface area contributed by atoms with Gasteiger partial charge < -0.3 is 5.32 Å². The Morgan fingerprint density at radius 3 is 2.78 bits per heavy atom. The summed E-state index contributed by atoms with van der Waals surface area (Å²) in [5.74, 6) is 0. The lowest BCUT2D eigenvalue weighted by Crippen LogP contribution is -2.22. The van der Waals surface area contributed by atoms with Gasteiger partial charge in [0.25, 0.3) is 0 Å². The van der Waals surface area contributed by atoms with Gasteiger partial charge in [0.2, 0.25) is 0 Å². The summed E-state index contributed by atoms with van der Waals surface area (Å²) in [5.41, 5.74) is 1.56. The standard InChI is InChI=1S/C11H11N3O3S/c15-18(16,9-4-2-1-3-5-9)17-14-8-13-10-6-12-7-11(10)14/h1-5,8,12H,6-7H2. The van der Waals surface area contributed by atoms with Crippen LogP contribution in [-0.2, 0) is 23.2 Å². The molecule has 0 bridgehead atoms. The van der Waals surface area contributed by atoms with Crippen LogP contribution in [0.3, 0.4) is 0 Å². The van der Waals surface area contributed by atoms with Crippen LogP contribution in [-0.4, -0.2) is 18.1 Å². The lowest BCUT2D eigenvalue weighted by atomic mass is 10.4. The maximum absolute atomic E-state index is 12.0. The van der Waals surface area contributed by atoms with Crippen molar-refractivity contribution in [2.24, 2.45) is 0 Å². The molecule has 1 aromatic carbocycles. The van der Waals surface area contributed by atoms with Crippen LogP contribution in [0.2, 0.25) is 0 Å². The molecular formula is C11H11N3O3S. The summed E-state index contributed by atoms with van der Waals surface area (Å²) >= 11 is 0. The van der Waals surface area contributed by atoms with Crippen LogP contribution in [0.1, 0.15) is 11.4 Å². The van der Waals surface area contributed by atoms with Gasteiger partial charge in [-0.05, 0) is 12.1 Å². The second kappa shape index (κ2) is 4.11. The summed E-state index contributed by atoms with van der Waals surface area (Å²) in [6.45, 7) is 1.19. The van der Waals surface area contributed by atoms with Gasteiger partial charge in [-0.1, -0.05) is 18.2 Å². The molecule has 1 aliphatic rings. The first-order valence-electron chi connectivity index (χ1n) is 5.43. The van der Waals surface area contributed by atoms with E-state index in [4.69, 9.17) is 4.28 Å². The Bertz CT molecular complexity index is 664. The van der Waals surface area contributed by atoms with Crippen molar-refractivity contribution in [3.05, 3.63) is 48.0 Å². The van der Waals surface area contributed by atoms with E-state index < -0.39 is 10.1 Å². The lowest BCUT2D eigenvalue weighted by Gasteiger charge is -2.08. The molecule has 6 nitrogen and oxygen atoms in total. The van der Waals surface area contributed by atoms with E-state index in [1.165, 1.54) is 23.2 Å². The summed E-state index contributed by atoms with van der Waals surface area (Å²) in [5, 5.41) is 3.08. The molecule has 7 heteroatoms. The van der Waals surface area contributed by atoms with Crippen LogP contribution in [0, 0.1) is 0 Å². The minimum atomic E-state index is -3.81. The Labute approximate surface area is 104 Å². The topological polar surface area (TPSA) is 73.2 Å². The van der Waals surface area contributed by atoms with Gasteiger partial charge in [-0.3, -0.25) is 4.28 Å². The third kappa shape index (κ3) is 1.87. The van der Waals surface area contributed by atoms with Gasteiger partial charge in [-0.25, -0.2) is 4.98 Å². The molecule has 18 heavy (non-hydrogen) atoms. The maximum atomic E-state index is 12.0. The quantitative estimate of drug-likeness (QED) is 0.864. The third-order valence-corrected chi connectivity index (χ3v) is 3.92. The molecule has 0 saturated heterocycles. The van der Waals surface area contributed by atoms with Gasteiger partial charge in [-0.2, -0.15) is 13.1 Å². The second-order valence-electron chi connectivity index (χ2n) is 3.91. The normalized spacial score (nSPS) is 14.4. The van der Waals surface area contributed by atoms with E-state index in [1.54, 1.807) is 18.2 Å². The number of rotatable bonds is 3. The molecule has 2 aromatic rings. The Morgan fingerprint density at radius 1 is 1.22 bits per heavy atom. The van der Waals surface area contributed by atoms with Gasteiger partial charge in [0, 0.05) is 13.1 Å². The summed E-state index contributed by atoms with van der Waals surface area (Å²) < 4.78 is 30.3. The zero-order valence-electron chi connectivity index (χ0n) is 9.41. The molecular weight excluding hydrogens is 254 g/mol. The summed E-state index contributed by atoms with van der Waals surface area (Å²) in [7, 11) is -3.81. The van der Waals surface area contributed by atoms with E-state index in [-0.39, 0.29) is 4.90 Å². The smallest absolute Gasteiger partial charge is 0.305 e. The van der Waals surface area contributed by atoms with Crippen molar-refractivity contribution in [2.75, 3.05) is 0 Å².